The maximum Gasteiger partial charge on any atom is 0.0852 e. The minimum absolute atomic E-state index is 0.478. The Bertz CT molecular complexity index is 67.1. The van der Waals surface area contributed by atoms with Gasteiger partial charge in [0.05, 0.1) is 4.05 Å². The van der Waals surface area contributed by atoms with Crippen molar-refractivity contribution in [3.63, 3.8) is 0 Å². The molecular weight excluding hydrogens is 330 g/mol. The van der Waals surface area contributed by atoms with E-state index in [4.69, 9.17) is 0 Å². The van der Waals surface area contributed by atoms with Crippen LogP contribution in [0.2, 0.25) is 0 Å². The molecule has 0 aromatic carbocycles. The van der Waals surface area contributed by atoms with Gasteiger partial charge in [-0.1, -0.05) is 29.2 Å². The zero-order valence-electron chi connectivity index (χ0n) is 4.32. The first-order valence-corrected chi connectivity index (χ1v) is 4.48. The Balaban J connectivity index is 2.97. The Kier molecular flexibility index (Phi) is 6.82. The first-order valence-electron chi connectivity index (χ1n) is 2.15. The summed E-state index contributed by atoms with van der Waals surface area (Å²) in [6.07, 6.45) is 1.69. The standard InChI is InChI=1S/C4H8I2N2/c1-2-7-3-4(5)8-6/h2,4,7-8H,1,3H2. The summed E-state index contributed by atoms with van der Waals surface area (Å²) in [5.74, 6) is 0. The van der Waals surface area contributed by atoms with Gasteiger partial charge < -0.3 is 5.32 Å². The molecule has 0 bridgehead atoms. The van der Waals surface area contributed by atoms with Crippen LogP contribution < -0.4 is 8.85 Å². The second-order valence-corrected chi connectivity index (χ2v) is 3.32. The zero-order chi connectivity index (χ0) is 6.41. The Morgan fingerprint density at radius 1 is 1.75 bits per heavy atom. The van der Waals surface area contributed by atoms with Crippen molar-refractivity contribution in [2.45, 2.75) is 4.05 Å². The van der Waals surface area contributed by atoms with Gasteiger partial charge in [0, 0.05) is 29.4 Å². The summed E-state index contributed by atoms with van der Waals surface area (Å²) in [5.41, 5.74) is 0. The van der Waals surface area contributed by atoms with Gasteiger partial charge in [-0.05, 0) is 6.20 Å². The van der Waals surface area contributed by atoms with Crippen LogP contribution in [-0.2, 0) is 0 Å². The van der Waals surface area contributed by atoms with Gasteiger partial charge in [0.2, 0.25) is 0 Å². The van der Waals surface area contributed by atoms with E-state index in [2.05, 4.69) is 60.9 Å². The quantitative estimate of drug-likeness (QED) is 0.351. The summed E-state index contributed by atoms with van der Waals surface area (Å²) < 4.78 is 3.52. The lowest BCUT2D eigenvalue weighted by Crippen LogP contribution is -2.24. The van der Waals surface area contributed by atoms with Crippen LogP contribution in [0.1, 0.15) is 0 Å². The van der Waals surface area contributed by atoms with Crippen molar-refractivity contribution in [3.05, 3.63) is 12.8 Å². The highest BCUT2D eigenvalue weighted by atomic mass is 127. The minimum atomic E-state index is 0.478. The third-order valence-electron chi connectivity index (χ3n) is 0.560. The molecule has 8 heavy (non-hydrogen) atoms. The molecule has 0 aliphatic heterocycles. The number of hydrogen-bond donors (Lipinski definition) is 2. The molecule has 0 radical (unpaired) electrons. The third kappa shape index (κ3) is 5.10. The molecule has 0 heterocycles. The summed E-state index contributed by atoms with van der Waals surface area (Å²) in [4.78, 5) is 0. The highest BCUT2D eigenvalue weighted by Crippen LogP contribution is 1.94. The topological polar surface area (TPSA) is 24.1 Å². The molecule has 0 saturated carbocycles. The van der Waals surface area contributed by atoms with E-state index in [1.165, 1.54) is 0 Å². The lowest BCUT2D eigenvalue weighted by molar-refractivity contribution is 0.803. The van der Waals surface area contributed by atoms with Crippen LogP contribution in [0.3, 0.4) is 0 Å². The van der Waals surface area contributed by atoms with Gasteiger partial charge >= 0.3 is 0 Å². The van der Waals surface area contributed by atoms with Crippen LogP contribution >= 0.6 is 45.5 Å². The van der Waals surface area contributed by atoms with Gasteiger partial charge in [0.25, 0.3) is 0 Å². The molecule has 1 atom stereocenters. The second-order valence-electron chi connectivity index (χ2n) is 1.19. The number of alkyl halides is 1. The number of rotatable bonds is 4. The highest BCUT2D eigenvalue weighted by molar-refractivity contribution is 14.1. The first kappa shape index (κ1) is 8.96. The minimum Gasteiger partial charge on any atom is -0.389 e. The highest BCUT2D eigenvalue weighted by Gasteiger charge is 1.94. The molecule has 48 valence electrons. The lowest BCUT2D eigenvalue weighted by Gasteiger charge is -2.04. The van der Waals surface area contributed by atoms with Crippen molar-refractivity contribution in [2.75, 3.05) is 6.54 Å². The maximum atomic E-state index is 3.52. The molecule has 2 nitrogen and oxygen atoms in total. The molecule has 0 spiro atoms. The fourth-order valence-electron chi connectivity index (χ4n) is 0.225. The normalized spacial score (nSPS) is 12.8. The van der Waals surface area contributed by atoms with Gasteiger partial charge in [0.15, 0.2) is 0 Å². The van der Waals surface area contributed by atoms with E-state index in [1.54, 1.807) is 6.20 Å². The molecule has 0 aliphatic carbocycles. The molecule has 0 fully saturated rings. The fraction of sp³-hybridized carbons (Fsp3) is 0.500. The first-order chi connectivity index (χ1) is 3.81. The van der Waals surface area contributed by atoms with Gasteiger partial charge in [-0.25, -0.2) is 3.53 Å². The monoisotopic (exact) mass is 338 g/mol. The van der Waals surface area contributed by atoms with Crippen molar-refractivity contribution in [1.29, 1.82) is 0 Å². The summed E-state index contributed by atoms with van der Waals surface area (Å²) in [6, 6.07) is 0. The van der Waals surface area contributed by atoms with E-state index in [0.29, 0.717) is 4.05 Å². The van der Waals surface area contributed by atoms with Gasteiger partial charge in [0.1, 0.15) is 0 Å². The molecule has 2 N–H and O–H groups in total. The summed E-state index contributed by atoms with van der Waals surface area (Å²) in [6.45, 7) is 4.45. The Morgan fingerprint density at radius 3 is 2.75 bits per heavy atom. The van der Waals surface area contributed by atoms with E-state index in [9.17, 15) is 0 Å². The zero-order valence-corrected chi connectivity index (χ0v) is 8.64. The molecule has 0 saturated heterocycles. The van der Waals surface area contributed by atoms with Gasteiger partial charge in [-0.15, -0.1) is 0 Å². The molecule has 0 aromatic heterocycles. The predicted octanol–water partition coefficient (Wildman–Crippen LogP) is 1.42. The van der Waals surface area contributed by atoms with Crippen LogP contribution in [0.15, 0.2) is 12.8 Å². The SMILES string of the molecule is C=CNCC(I)NI. The molecule has 1 unspecified atom stereocenters. The second kappa shape index (κ2) is 6.09. The molecule has 0 aromatic rings. The summed E-state index contributed by atoms with van der Waals surface area (Å²) >= 11 is 4.42. The number of halogens is 2. The van der Waals surface area contributed by atoms with Crippen molar-refractivity contribution in [1.82, 2.24) is 8.85 Å². The Labute approximate surface area is 77.1 Å². The van der Waals surface area contributed by atoms with E-state index in [0.717, 1.165) is 6.54 Å². The van der Waals surface area contributed by atoms with Crippen LogP contribution in [0.4, 0.5) is 0 Å². The van der Waals surface area contributed by atoms with E-state index in [-0.39, 0.29) is 0 Å². The Morgan fingerprint density at radius 2 is 2.38 bits per heavy atom. The molecular formula is C4H8I2N2. The predicted molar refractivity (Wildman–Crippen MR) is 53.2 cm³/mol. The van der Waals surface area contributed by atoms with E-state index < -0.39 is 0 Å². The summed E-state index contributed by atoms with van der Waals surface area (Å²) in [5, 5.41) is 2.99. The van der Waals surface area contributed by atoms with Crippen molar-refractivity contribution in [3.8, 4) is 0 Å². The average molecular weight is 338 g/mol. The largest absolute Gasteiger partial charge is 0.389 e. The lowest BCUT2D eigenvalue weighted by atomic mass is 10.6. The van der Waals surface area contributed by atoms with E-state index >= 15 is 0 Å². The molecule has 0 rings (SSSR count). The summed E-state index contributed by atoms with van der Waals surface area (Å²) in [7, 11) is 0. The van der Waals surface area contributed by atoms with Crippen LogP contribution in [0, 0.1) is 0 Å². The van der Waals surface area contributed by atoms with Crippen molar-refractivity contribution < 1.29 is 0 Å². The third-order valence-corrected chi connectivity index (χ3v) is 3.26. The van der Waals surface area contributed by atoms with Crippen LogP contribution in [0.5, 0.6) is 0 Å². The van der Waals surface area contributed by atoms with Crippen LogP contribution in [-0.4, -0.2) is 10.6 Å². The average Bonchev–Trinajstić information content (AvgIpc) is 1.83. The van der Waals surface area contributed by atoms with Crippen molar-refractivity contribution >= 4 is 45.5 Å². The smallest absolute Gasteiger partial charge is 0.0852 e. The van der Waals surface area contributed by atoms with E-state index in [1.807, 2.05) is 0 Å². The molecule has 4 heteroatoms. The van der Waals surface area contributed by atoms with Crippen LogP contribution in [0.25, 0.3) is 0 Å². The van der Waals surface area contributed by atoms with Crippen molar-refractivity contribution in [2.24, 2.45) is 0 Å². The van der Waals surface area contributed by atoms with Gasteiger partial charge in [-0.2, -0.15) is 0 Å². The number of nitrogens with one attached hydrogen (secondary N) is 2. The van der Waals surface area contributed by atoms with Gasteiger partial charge in [-0.3, -0.25) is 0 Å². The number of hydrogen-bond acceptors (Lipinski definition) is 2. The Hall–Kier alpha value is 0.960. The maximum absolute atomic E-state index is 3.52. The fourth-order valence-corrected chi connectivity index (χ4v) is 0.700. The molecule has 0 amide bonds. The molecule has 0 aliphatic rings.